The lowest BCUT2D eigenvalue weighted by atomic mass is 10.1. The molecule has 0 fully saturated rings. The van der Waals surface area contributed by atoms with Crippen molar-refractivity contribution in [3.05, 3.63) is 70.1 Å². The Kier molecular flexibility index (Phi) is 5.26. The highest BCUT2D eigenvalue weighted by Crippen LogP contribution is 2.32. The summed E-state index contributed by atoms with van der Waals surface area (Å²) in [5.74, 6) is -0.846. The fourth-order valence-corrected chi connectivity index (χ4v) is 2.56. The summed E-state index contributed by atoms with van der Waals surface area (Å²) in [6.45, 7) is 0. The van der Waals surface area contributed by atoms with Crippen LogP contribution >= 0.6 is 11.6 Å². The highest BCUT2D eigenvalue weighted by molar-refractivity contribution is 6.33. The van der Waals surface area contributed by atoms with E-state index < -0.39 is 29.4 Å². The Balaban J connectivity index is 1.74. The molecule has 1 N–H and O–H groups in total. The first-order valence-corrected chi connectivity index (χ1v) is 8.09. The third-order valence-electron chi connectivity index (χ3n) is 3.68. The van der Waals surface area contributed by atoms with Gasteiger partial charge in [0.1, 0.15) is 5.69 Å². The Bertz CT molecular complexity index is 1090. The van der Waals surface area contributed by atoms with Crippen molar-refractivity contribution in [1.82, 2.24) is 14.8 Å². The summed E-state index contributed by atoms with van der Waals surface area (Å²) in [6.07, 6.45) is -6.23. The zero-order valence-electron chi connectivity index (χ0n) is 14.0. The number of nitrogens with zero attached hydrogens (tertiary/aromatic N) is 3. The third-order valence-corrected chi connectivity index (χ3v) is 3.96. The van der Waals surface area contributed by atoms with Crippen LogP contribution in [-0.2, 0) is 12.4 Å². The zero-order valence-corrected chi connectivity index (χ0v) is 14.8. The molecule has 2 aromatic heterocycles. The summed E-state index contributed by atoms with van der Waals surface area (Å²) >= 11 is 5.79. The standard InChI is InChI=1S/C17H9ClF6N4O/c18-12-5-11(17(22,23)24)7-28-8-13(26-14(12)28)15(29)27-25-6-9-1-3-10(4-2-9)16(19,20)21/h1-8H,(H,27,29)/b25-6+. The van der Waals surface area contributed by atoms with Crippen molar-refractivity contribution in [3.63, 3.8) is 0 Å². The average molecular weight is 435 g/mol. The fraction of sp³-hybridized carbons (Fsp3) is 0.118. The first kappa shape index (κ1) is 20.6. The molecule has 0 bridgehead atoms. The number of benzene rings is 1. The second-order valence-corrected chi connectivity index (χ2v) is 6.16. The average Bonchev–Trinajstić information content (AvgIpc) is 3.05. The SMILES string of the molecule is O=C(N/N=C/c1ccc(C(F)(F)F)cc1)c1cn2cc(C(F)(F)F)cc(Cl)c2n1. The maximum absolute atomic E-state index is 12.8. The minimum absolute atomic E-state index is 0.0588. The van der Waals surface area contributed by atoms with Crippen LogP contribution in [0.1, 0.15) is 27.2 Å². The van der Waals surface area contributed by atoms with E-state index in [1.807, 2.05) is 0 Å². The normalized spacial score (nSPS) is 12.7. The first-order valence-electron chi connectivity index (χ1n) is 7.71. The number of imidazole rings is 1. The molecule has 0 spiro atoms. The predicted molar refractivity (Wildman–Crippen MR) is 91.7 cm³/mol. The van der Waals surface area contributed by atoms with Crippen LogP contribution in [0.3, 0.4) is 0 Å². The van der Waals surface area contributed by atoms with Gasteiger partial charge in [-0.25, -0.2) is 10.4 Å². The van der Waals surface area contributed by atoms with Gasteiger partial charge in [0.2, 0.25) is 0 Å². The van der Waals surface area contributed by atoms with E-state index in [1.54, 1.807) is 0 Å². The second kappa shape index (κ2) is 7.39. The summed E-state index contributed by atoms with van der Waals surface area (Å²) in [5.41, 5.74) is 0.207. The maximum atomic E-state index is 12.8. The molecule has 3 aromatic rings. The van der Waals surface area contributed by atoms with E-state index in [4.69, 9.17) is 11.6 Å². The van der Waals surface area contributed by atoms with Crippen molar-refractivity contribution in [2.24, 2.45) is 5.10 Å². The largest absolute Gasteiger partial charge is 0.417 e. The Morgan fingerprint density at radius 3 is 2.24 bits per heavy atom. The van der Waals surface area contributed by atoms with Crippen LogP contribution < -0.4 is 5.43 Å². The molecular formula is C17H9ClF6N4O. The molecule has 0 atom stereocenters. The van der Waals surface area contributed by atoms with E-state index in [0.29, 0.717) is 6.07 Å². The van der Waals surface area contributed by atoms with Crippen molar-refractivity contribution >= 4 is 29.4 Å². The van der Waals surface area contributed by atoms with Crippen molar-refractivity contribution in [2.75, 3.05) is 0 Å². The Morgan fingerprint density at radius 2 is 1.66 bits per heavy atom. The van der Waals surface area contributed by atoms with Crippen LogP contribution in [0.5, 0.6) is 0 Å². The minimum Gasteiger partial charge on any atom is -0.304 e. The topological polar surface area (TPSA) is 58.8 Å². The molecule has 0 saturated carbocycles. The molecule has 2 heterocycles. The van der Waals surface area contributed by atoms with Crippen LogP contribution in [0.4, 0.5) is 26.3 Å². The molecule has 5 nitrogen and oxygen atoms in total. The molecule has 12 heteroatoms. The van der Waals surface area contributed by atoms with Gasteiger partial charge in [-0.3, -0.25) is 4.79 Å². The number of hydrogen-bond donors (Lipinski definition) is 1. The van der Waals surface area contributed by atoms with Gasteiger partial charge in [0.15, 0.2) is 5.65 Å². The predicted octanol–water partition coefficient (Wildman–Crippen LogP) is 4.79. The van der Waals surface area contributed by atoms with Gasteiger partial charge in [-0.2, -0.15) is 31.4 Å². The number of halogens is 7. The van der Waals surface area contributed by atoms with E-state index in [-0.39, 0.29) is 21.9 Å². The summed E-state index contributed by atoms with van der Waals surface area (Å²) in [5, 5.41) is 3.29. The number of carbonyl (C=O) groups excluding carboxylic acids is 1. The van der Waals surface area contributed by atoms with E-state index in [2.05, 4.69) is 15.5 Å². The van der Waals surface area contributed by atoms with E-state index in [9.17, 15) is 31.1 Å². The number of carbonyl (C=O) groups is 1. The monoisotopic (exact) mass is 434 g/mol. The van der Waals surface area contributed by atoms with Gasteiger partial charge in [0.05, 0.1) is 22.4 Å². The number of hydrogen-bond acceptors (Lipinski definition) is 3. The van der Waals surface area contributed by atoms with Gasteiger partial charge >= 0.3 is 12.4 Å². The van der Waals surface area contributed by atoms with Gasteiger partial charge in [0, 0.05) is 12.4 Å². The lowest BCUT2D eigenvalue weighted by Gasteiger charge is -2.07. The van der Waals surface area contributed by atoms with Crippen LogP contribution in [0.15, 0.2) is 47.8 Å². The number of amides is 1. The summed E-state index contributed by atoms with van der Waals surface area (Å²) in [6, 6.07) is 4.70. The van der Waals surface area contributed by atoms with Gasteiger partial charge in [0.25, 0.3) is 5.91 Å². The molecule has 0 aliphatic carbocycles. The van der Waals surface area contributed by atoms with Crippen LogP contribution in [0.25, 0.3) is 5.65 Å². The molecule has 152 valence electrons. The van der Waals surface area contributed by atoms with E-state index in [1.165, 1.54) is 0 Å². The Labute approximate surface area is 163 Å². The third kappa shape index (κ3) is 4.67. The molecule has 29 heavy (non-hydrogen) atoms. The van der Waals surface area contributed by atoms with Gasteiger partial charge in [-0.05, 0) is 23.8 Å². The van der Waals surface area contributed by atoms with Gasteiger partial charge in [-0.15, -0.1) is 0 Å². The number of fused-ring (bicyclic) bond motifs is 1. The number of alkyl halides is 6. The van der Waals surface area contributed by atoms with Crippen molar-refractivity contribution in [2.45, 2.75) is 12.4 Å². The smallest absolute Gasteiger partial charge is 0.304 e. The summed E-state index contributed by atoms with van der Waals surface area (Å²) in [7, 11) is 0. The second-order valence-electron chi connectivity index (χ2n) is 5.75. The lowest BCUT2D eigenvalue weighted by Crippen LogP contribution is -2.18. The fourth-order valence-electron chi connectivity index (χ4n) is 2.30. The van der Waals surface area contributed by atoms with Crippen molar-refractivity contribution in [3.8, 4) is 0 Å². The molecule has 1 aromatic carbocycles. The first-order chi connectivity index (χ1) is 13.4. The quantitative estimate of drug-likeness (QED) is 0.366. The number of pyridine rings is 1. The summed E-state index contributed by atoms with van der Waals surface area (Å²) in [4.78, 5) is 15.9. The highest BCUT2D eigenvalue weighted by Gasteiger charge is 2.32. The Hall–Kier alpha value is -3.08. The number of aromatic nitrogens is 2. The van der Waals surface area contributed by atoms with Crippen LogP contribution in [0.2, 0.25) is 5.02 Å². The molecule has 0 saturated heterocycles. The Morgan fingerprint density at radius 1 is 1.03 bits per heavy atom. The van der Waals surface area contributed by atoms with Crippen LogP contribution in [0, 0.1) is 0 Å². The van der Waals surface area contributed by atoms with E-state index in [0.717, 1.165) is 47.3 Å². The molecule has 3 rings (SSSR count). The van der Waals surface area contributed by atoms with Crippen molar-refractivity contribution in [1.29, 1.82) is 0 Å². The number of rotatable bonds is 3. The summed E-state index contributed by atoms with van der Waals surface area (Å²) < 4.78 is 76.9. The molecule has 0 radical (unpaired) electrons. The van der Waals surface area contributed by atoms with Crippen LogP contribution in [-0.4, -0.2) is 21.5 Å². The lowest BCUT2D eigenvalue weighted by molar-refractivity contribution is -0.138. The maximum Gasteiger partial charge on any atom is 0.417 e. The number of nitrogens with one attached hydrogen (secondary N) is 1. The molecule has 0 aliphatic rings. The van der Waals surface area contributed by atoms with Crippen molar-refractivity contribution < 1.29 is 31.1 Å². The van der Waals surface area contributed by atoms with Gasteiger partial charge < -0.3 is 4.40 Å². The molecule has 0 unspecified atom stereocenters. The zero-order chi connectivity index (χ0) is 21.4. The number of hydrazone groups is 1. The molecular weight excluding hydrogens is 426 g/mol. The molecule has 0 aliphatic heterocycles. The molecule has 1 amide bonds. The minimum atomic E-state index is -4.63. The van der Waals surface area contributed by atoms with E-state index >= 15 is 0 Å². The highest BCUT2D eigenvalue weighted by atomic mass is 35.5. The van der Waals surface area contributed by atoms with Gasteiger partial charge in [-0.1, -0.05) is 23.7 Å².